The number of halogens is 6. The normalized spacial score (nSPS) is 13.0. The predicted molar refractivity (Wildman–Crippen MR) is 44.2 cm³/mol. The summed E-state index contributed by atoms with van der Waals surface area (Å²) in [6, 6.07) is 2.27. The van der Waals surface area contributed by atoms with E-state index in [9.17, 15) is 26.3 Å². The van der Waals surface area contributed by atoms with E-state index in [-0.39, 0.29) is 0 Å². The van der Waals surface area contributed by atoms with Crippen molar-refractivity contribution in [3.05, 3.63) is 29.7 Å². The van der Waals surface area contributed by atoms with Gasteiger partial charge in [-0.3, -0.25) is 0 Å². The number of hydrogen-bond acceptors (Lipinski definition) is 3. The van der Waals surface area contributed by atoms with Crippen LogP contribution < -0.4 is 0 Å². The van der Waals surface area contributed by atoms with Gasteiger partial charge in [0.1, 0.15) is 5.56 Å². The first kappa shape index (κ1) is 12.5. The van der Waals surface area contributed by atoms with Crippen LogP contribution in [-0.2, 0) is 12.4 Å². The van der Waals surface area contributed by atoms with Gasteiger partial charge in [0.25, 0.3) is 5.76 Å². The fourth-order valence-electron chi connectivity index (χ4n) is 1.33. The van der Waals surface area contributed by atoms with Crippen LogP contribution in [0.15, 0.2) is 27.3 Å². The third kappa shape index (κ3) is 2.07. The zero-order chi connectivity index (χ0) is 13.6. The summed E-state index contributed by atoms with van der Waals surface area (Å²) in [5, 5.41) is 2.78. The summed E-state index contributed by atoms with van der Waals surface area (Å²) >= 11 is 0. The maximum Gasteiger partial charge on any atom is 0.453 e. The first-order valence-corrected chi connectivity index (χ1v) is 4.39. The number of alkyl halides is 6. The maximum absolute atomic E-state index is 12.6. The first-order valence-electron chi connectivity index (χ1n) is 4.39. The highest BCUT2D eigenvalue weighted by atomic mass is 19.4. The van der Waals surface area contributed by atoms with Gasteiger partial charge < -0.3 is 8.94 Å². The molecule has 0 bridgehead atoms. The SMILES string of the molecule is FC(F)(F)c1onc(-c2ccco2)c1C(F)(F)F. The van der Waals surface area contributed by atoms with Crippen molar-refractivity contribution in [2.75, 3.05) is 0 Å². The molecule has 0 aliphatic carbocycles. The monoisotopic (exact) mass is 271 g/mol. The molecule has 0 saturated carbocycles. The highest BCUT2D eigenvalue weighted by Crippen LogP contribution is 2.44. The molecule has 0 aromatic carbocycles. The van der Waals surface area contributed by atoms with Crippen LogP contribution in [0.3, 0.4) is 0 Å². The molecule has 0 aliphatic heterocycles. The predicted octanol–water partition coefficient (Wildman–Crippen LogP) is 3.97. The summed E-state index contributed by atoms with van der Waals surface area (Å²) in [6.45, 7) is 0. The third-order valence-electron chi connectivity index (χ3n) is 1.99. The summed E-state index contributed by atoms with van der Waals surface area (Å²) in [5.74, 6) is -2.65. The van der Waals surface area contributed by atoms with E-state index < -0.39 is 35.1 Å². The number of rotatable bonds is 1. The van der Waals surface area contributed by atoms with E-state index in [0.717, 1.165) is 12.3 Å². The van der Waals surface area contributed by atoms with Gasteiger partial charge in [0.05, 0.1) is 6.26 Å². The number of hydrogen-bond donors (Lipinski definition) is 0. The van der Waals surface area contributed by atoms with Gasteiger partial charge in [0.15, 0.2) is 11.5 Å². The van der Waals surface area contributed by atoms with Crippen LogP contribution in [0.2, 0.25) is 0 Å². The van der Waals surface area contributed by atoms with Crippen LogP contribution >= 0.6 is 0 Å². The van der Waals surface area contributed by atoms with Crippen LogP contribution in [0.1, 0.15) is 11.3 Å². The average Bonchev–Trinajstić information content (AvgIpc) is 2.83. The van der Waals surface area contributed by atoms with Crippen LogP contribution in [-0.4, -0.2) is 5.16 Å². The Hall–Kier alpha value is -1.93. The zero-order valence-electron chi connectivity index (χ0n) is 8.26. The summed E-state index contributed by atoms with van der Waals surface area (Å²) < 4.78 is 83.3. The van der Waals surface area contributed by atoms with Crippen LogP contribution in [0.5, 0.6) is 0 Å². The fourth-order valence-corrected chi connectivity index (χ4v) is 1.33. The minimum absolute atomic E-state index is 0.457. The second-order valence-corrected chi connectivity index (χ2v) is 3.21. The Balaban J connectivity index is 2.67. The molecule has 0 N–H and O–H groups in total. The molecule has 3 nitrogen and oxygen atoms in total. The lowest BCUT2D eigenvalue weighted by molar-refractivity contribution is -0.173. The third-order valence-corrected chi connectivity index (χ3v) is 1.99. The second kappa shape index (κ2) is 3.79. The van der Waals surface area contributed by atoms with E-state index in [1.807, 2.05) is 0 Å². The minimum atomic E-state index is -5.29. The molecule has 2 aromatic rings. The molecule has 2 rings (SSSR count). The molecule has 2 heterocycles. The standard InChI is InChI=1S/C9H3F6NO2/c10-8(11,12)5-6(4-2-1-3-17-4)16-18-7(5)9(13,14)15/h1-3H. The van der Waals surface area contributed by atoms with Crippen molar-refractivity contribution in [2.45, 2.75) is 12.4 Å². The molecule has 98 valence electrons. The van der Waals surface area contributed by atoms with E-state index >= 15 is 0 Å². The molecule has 0 spiro atoms. The maximum atomic E-state index is 12.6. The number of furan rings is 1. The molecule has 0 atom stereocenters. The van der Waals surface area contributed by atoms with Crippen LogP contribution in [0, 0.1) is 0 Å². The molecule has 0 amide bonds. The van der Waals surface area contributed by atoms with Gasteiger partial charge in [-0.25, -0.2) is 0 Å². The molecule has 0 unspecified atom stereocenters. The molecule has 2 aromatic heterocycles. The Morgan fingerprint density at radius 3 is 2.11 bits per heavy atom. The summed E-state index contributed by atoms with van der Waals surface area (Å²) in [6.07, 6.45) is -9.53. The van der Waals surface area contributed by atoms with Crippen LogP contribution in [0.25, 0.3) is 11.5 Å². The summed E-state index contributed by atoms with van der Waals surface area (Å²) in [7, 11) is 0. The second-order valence-electron chi connectivity index (χ2n) is 3.21. The van der Waals surface area contributed by atoms with E-state index in [0.29, 0.717) is 0 Å². The quantitative estimate of drug-likeness (QED) is 0.736. The first-order chi connectivity index (χ1) is 8.21. The summed E-state index contributed by atoms with van der Waals surface area (Å²) in [4.78, 5) is 0. The van der Waals surface area contributed by atoms with Crippen molar-refractivity contribution in [1.82, 2.24) is 5.16 Å². The van der Waals surface area contributed by atoms with Gasteiger partial charge in [0, 0.05) is 0 Å². The van der Waals surface area contributed by atoms with Gasteiger partial charge in [-0.2, -0.15) is 26.3 Å². The van der Waals surface area contributed by atoms with Gasteiger partial charge >= 0.3 is 12.4 Å². The lowest BCUT2D eigenvalue weighted by atomic mass is 10.1. The smallest absolute Gasteiger partial charge is 0.453 e. The van der Waals surface area contributed by atoms with Crippen molar-refractivity contribution >= 4 is 0 Å². The summed E-state index contributed by atoms with van der Waals surface area (Å²) in [5.41, 5.74) is -3.02. The highest BCUT2D eigenvalue weighted by Gasteiger charge is 2.50. The molecule has 0 aliphatic rings. The Bertz CT molecular complexity index is 536. The largest absolute Gasteiger partial charge is 0.463 e. The van der Waals surface area contributed by atoms with Crippen molar-refractivity contribution in [2.24, 2.45) is 0 Å². The van der Waals surface area contributed by atoms with Crippen LogP contribution in [0.4, 0.5) is 26.3 Å². The van der Waals surface area contributed by atoms with Crippen molar-refractivity contribution < 1.29 is 35.3 Å². The Morgan fingerprint density at radius 1 is 1.00 bits per heavy atom. The highest BCUT2D eigenvalue weighted by molar-refractivity contribution is 5.58. The molecular weight excluding hydrogens is 268 g/mol. The Morgan fingerprint density at radius 2 is 1.67 bits per heavy atom. The van der Waals surface area contributed by atoms with E-state index in [1.54, 1.807) is 0 Å². The van der Waals surface area contributed by atoms with Crippen molar-refractivity contribution in [3.63, 3.8) is 0 Å². The van der Waals surface area contributed by atoms with Gasteiger partial charge in [0.2, 0.25) is 0 Å². The molecule has 9 heteroatoms. The number of nitrogens with zero attached hydrogens (tertiary/aromatic N) is 1. The molecule has 0 fully saturated rings. The molecule has 0 radical (unpaired) electrons. The van der Waals surface area contributed by atoms with Crippen molar-refractivity contribution in [3.8, 4) is 11.5 Å². The van der Waals surface area contributed by atoms with Gasteiger partial charge in [-0.15, -0.1) is 0 Å². The Kier molecular flexibility index (Phi) is 2.63. The lowest BCUT2D eigenvalue weighted by Crippen LogP contribution is -2.14. The lowest BCUT2D eigenvalue weighted by Gasteiger charge is -2.08. The molecule has 0 saturated heterocycles. The van der Waals surface area contributed by atoms with E-state index in [2.05, 4.69) is 14.1 Å². The fraction of sp³-hybridized carbons (Fsp3) is 0.222. The average molecular weight is 271 g/mol. The zero-order valence-corrected chi connectivity index (χ0v) is 8.26. The number of aromatic nitrogens is 1. The van der Waals surface area contributed by atoms with Gasteiger partial charge in [-0.05, 0) is 12.1 Å². The Labute approximate surface area is 95.0 Å². The van der Waals surface area contributed by atoms with E-state index in [4.69, 9.17) is 0 Å². The van der Waals surface area contributed by atoms with Gasteiger partial charge in [-0.1, -0.05) is 5.16 Å². The topological polar surface area (TPSA) is 39.2 Å². The molecular formula is C9H3F6NO2. The molecule has 18 heavy (non-hydrogen) atoms. The van der Waals surface area contributed by atoms with E-state index in [1.165, 1.54) is 6.07 Å². The van der Waals surface area contributed by atoms with Crippen molar-refractivity contribution in [1.29, 1.82) is 0 Å². The minimum Gasteiger partial charge on any atom is -0.463 e.